The van der Waals surface area contributed by atoms with Gasteiger partial charge in [-0.3, -0.25) is 9.59 Å². The maximum absolute atomic E-state index is 10.8. The van der Waals surface area contributed by atoms with Crippen LogP contribution in [0.1, 0.15) is 6.92 Å². The van der Waals surface area contributed by atoms with Gasteiger partial charge in [0.1, 0.15) is 6.54 Å². The van der Waals surface area contributed by atoms with Crippen LogP contribution in [0.15, 0.2) is 0 Å². The van der Waals surface area contributed by atoms with E-state index in [4.69, 9.17) is 5.11 Å². The van der Waals surface area contributed by atoms with E-state index in [2.05, 4.69) is 11.8 Å². The smallest absolute Gasteiger partial charge is 0.323 e. The van der Waals surface area contributed by atoms with Gasteiger partial charge in [0.25, 0.3) is 5.91 Å². The van der Waals surface area contributed by atoms with Gasteiger partial charge in [0.15, 0.2) is 0 Å². The average Bonchev–Trinajstić information content (AvgIpc) is 1.86. The Balaban J connectivity index is 4.00. The molecule has 0 saturated carbocycles. The number of aliphatic carboxylic acids is 1. The van der Waals surface area contributed by atoms with Crippen LogP contribution >= 0.6 is 0 Å². The fourth-order valence-electron chi connectivity index (χ4n) is 0.477. The molecular weight excluding hydrogens is 146 g/mol. The number of hydrogen-bond donors (Lipinski definition) is 1. The highest BCUT2D eigenvalue weighted by Crippen LogP contribution is 1.81. The molecule has 4 heteroatoms. The molecule has 0 spiro atoms. The molecule has 0 aliphatic carbocycles. The summed E-state index contributed by atoms with van der Waals surface area (Å²) >= 11 is 0. The normalized spacial score (nSPS) is 7.82. The van der Waals surface area contributed by atoms with Gasteiger partial charge >= 0.3 is 5.97 Å². The average molecular weight is 155 g/mol. The summed E-state index contributed by atoms with van der Waals surface area (Å²) < 4.78 is 0. The molecule has 0 rings (SSSR count). The summed E-state index contributed by atoms with van der Waals surface area (Å²) in [7, 11) is 1.39. The lowest BCUT2D eigenvalue weighted by atomic mass is 10.5. The van der Waals surface area contributed by atoms with Gasteiger partial charge in [0.2, 0.25) is 0 Å². The molecule has 0 aromatic rings. The number of carboxylic acids is 1. The summed E-state index contributed by atoms with van der Waals surface area (Å²) in [6.07, 6.45) is 0. The van der Waals surface area contributed by atoms with Crippen molar-refractivity contribution in [3.63, 3.8) is 0 Å². The summed E-state index contributed by atoms with van der Waals surface area (Å²) in [5, 5.41) is 8.26. The van der Waals surface area contributed by atoms with Crippen molar-refractivity contribution in [1.29, 1.82) is 0 Å². The third kappa shape index (κ3) is 3.98. The maximum Gasteiger partial charge on any atom is 0.323 e. The van der Waals surface area contributed by atoms with Crippen molar-refractivity contribution in [2.45, 2.75) is 6.92 Å². The molecule has 4 nitrogen and oxygen atoms in total. The lowest BCUT2D eigenvalue weighted by Crippen LogP contribution is -2.30. The molecule has 0 saturated heterocycles. The van der Waals surface area contributed by atoms with E-state index in [-0.39, 0.29) is 6.54 Å². The van der Waals surface area contributed by atoms with Gasteiger partial charge in [-0.1, -0.05) is 5.92 Å². The van der Waals surface area contributed by atoms with Gasteiger partial charge < -0.3 is 10.0 Å². The van der Waals surface area contributed by atoms with Crippen LogP contribution in [0.4, 0.5) is 0 Å². The second-order valence-corrected chi connectivity index (χ2v) is 1.93. The summed E-state index contributed by atoms with van der Waals surface area (Å²) in [5.41, 5.74) is 0. The Morgan fingerprint density at radius 2 is 2.09 bits per heavy atom. The molecule has 0 unspecified atom stereocenters. The minimum atomic E-state index is -1.04. The summed E-state index contributed by atoms with van der Waals surface area (Å²) in [6, 6.07) is 0. The highest BCUT2D eigenvalue weighted by molar-refractivity contribution is 5.94. The predicted octanol–water partition coefficient (Wildman–Crippen LogP) is -0.447. The fraction of sp³-hybridized carbons (Fsp3) is 0.429. The summed E-state index contributed by atoms with van der Waals surface area (Å²) in [6.45, 7) is 1.21. The molecule has 0 aliphatic rings. The number of amides is 1. The minimum Gasteiger partial charge on any atom is -0.480 e. The van der Waals surface area contributed by atoms with Crippen molar-refractivity contribution in [3.8, 4) is 11.8 Å². The molecule has 60 valence electrons. The molecule has 0 radical (unpaired) electrons. The van der Waals surface area contributed by atoms with Crippen LogP contribution in [0, 0.1) is 11.8 Å². The molecule has 0 aliphatic heterocycles. The topological polar surface area (TPSA) is 57.6 Å². The first-order valence-electron chi connectivity index (χ1n) is 2.97. The lowest BCUT2D eigenvalue weighted by Gasteiger charge is -2.08. The Morgan fingerprint density at radius 1 is 1.55 bits per heavy atom. The largest absolute Gasteiger partial charge is 0.480 e. The number of carbonyl (C=O) groups excluding carboxylic acids is 1. The Labute approximate surface area is 64.8 Å². The molecule has 0 bridgehead atoms. The SMILES string of the molecule is CC#CC(=O)N(C)CC(=O)O. The number of nitrogens with zero attached hydrogens (tertiary/aromatic N) is 1. The van der Waals surface area contributed by atoms with Gasteiger partial charge in [0.05, 0.1) is 0 Å². The number of carbonyl (C=O) groups is 2. The Bertz CT molecular complexity index is 224. The van der Waals surface area contributed by atoms with Crippen molar-refractivity contribution in [1.82, 2.24) is 4.90 Å². The van der Waals surface area contributed by atoms with Crippen LogP contribution in [0.25, 0.3) is 0 Å². The predicted molar refractivity (Wildman–Crippen MR) is 38.7 cm³/mol. The third-order valence-electron chi connectivity index (χ3n) is 0.951. The maximum atomic E-state index is 10.8. The van der Waals surface area contributed by atoms with Crippen molar-refractivity contribution in [2.24, 2.45) is 0 Å². The lowest BCUT2D eigenvalue weighted by molar-refractivity contribution is -0.141. The van der Waals surface area contributed by atoms with Gasteiger partial charge in [-0.05, 0) is 12.8 Å². The van der Waals surface area contributed by atoms with E-state index < -0.39 is 11.9 Å². The fourth-order valence-corrected chi connectivity index (χ4v) is 0.477. The highest BCUT2D eigenvalue weighted by atomic mass is 16.4. The molecule has 0 fully saturated rings. The van der Waals surface area contributed by atoms with Crippen molar-refractivity contribution >= 4 is 11.9 Å². The highest BCUT2D eigenvalue weighted by Gasteiger charge is 2.07. The standard InChI is InChI=1S/C7H9NO3/c1-3-4-6(9)8(2)5-7(10)11/h5H2,1-2H3,(H,10,11). The molecule has 11 heavy (non-hydrogen) atoms. The summed E-state index contributed by atoms with van der Waals surface area (Å²) in [4.78, 5) is 21.9. The van der Waals surface area contributed by atoms with E-state index in [1.807, 2.05) is 0 Å². The zero-order valence-electron chi connectivity index (χ0n) is 6.42. The number of carboxylic acid groups (broad SMARTS) is 1. The molecule has 0 aromatic heterocycles. The second-order valence-electron chi connectivity index (χ2n) is 1.93. The number of likely N-dealkylation sites (N-methyl/N-ethyl adjacent to an activating group) is 1. The van der Waals surface area contributed by atoms with Crippen LogP contribution in [-0.4, -0.2) is 35.5 Å². The molecular formula is C7H9NO3. The Hall–Kier alpha value is -1.50. The zero-order valence-corrected chi connectivity index (χ0v) is 6.42. The van der Waals surface area contributed by atoms with Crippen LogP contribution in [0.2, 0.25) is 0 Å². The quantitative estimate of drug-likeness (QED) is 0.549. The van der Waals surface area contributed by atoms with Crippen molar-refractivity contribution in [3.05, 3.63) is 0 Å². The van der Waals surface area contributed by atoms with E-state index in [9.17, 15) is 9.59 Å². The third-order valence-corrected chi connectivity index (χ3v) is 0.951. The number of rotatable bonds is 2. The van der Waals surface area contributed by atoms with Crippen LogP contribution < -0.4 is 0 Å². The van der Waals surface area contributed by atoms with Crippen molar-refractivity contribution < 1.29 is 14.7 Å². The summed E-state index contributed by atoms with van der Waals surface area (Å²) in [5.74, 6) is 3.09. The molecule has 1 amide bonds. The molecule has 1 N–H and O–H groups in total. The van der Waals surface area contributed by atoms with Gasteiger partial charge in [0, 0.05) is 7.05 Å². The van der Waals surface area contributed by atoms with Gasteiger partial charge in [-0.15, -0.1) is 0 Å². The number of hydrogen-bond acceptors (Lipinski definition) is 2. The van der Waals surface area contributed by atoms with Crippen LogP contribution in [0.3, 0.4) is 0 Å². The monoisotopic (exact) mass is 155 g/mol. The van der Waals surface area contributed by atoms with Crippen LogP contribution in [0.5, 0.6) is 0 Å². The Kier molecular flexibility index (Phi) is 3.75. The molecule has 0 aromatic carbocycles. The van der Waals surface area contributed by atoms with E-state index in [0.717, 1.165) is 4.90 Å². The minimum absolute atomic E-state index is 0.312. The first-order chi connectivity index (χ1) is 5.07. The van der Waals surface area contributed by atoms with E-state index in [1.54, 1.807) is 0 Å². The first-order valence-corrected chi connectivity index (χ1v) is 2.97. The van der Waals surface area contributed by atoms with E-state index in [1.165, 1.54) is 14.0 Å². The first kappa shape index (κ1) is 9.50. The van der Waals surface area contributed by atoms with E-state index in [0.29, 0.717) is 0 Å². The van der Waals surface area contributed by atoms with Gasteiger partial charge in [-0.25, -0.2) is 0 Å². The Morgan fingerprint density at radius 3 is 2.45 bits per heavy atom. The van der Waals surface area contributed by atoms with E-state index >= 15 is 0 Å². The molecule has 0 heterocycles. The zero-order chi connectivity index (χ0) is 8.85. The molecule has 0 atom stereocenters. The second kappa shape index (κ2) is 4.34. The van der Waals surface area contributed by atoms with Gasteiger partial charge in [-0.2, -0.15) is 0 Å². The van der Waals surface area contributed by atoms with Crippen LogP contribution in [-0.2, 0) is 9.59 Å². The van der Waals surface area contributed by atoms with Crippen molar-refractivity contribution in [2.75, 3.05) is 13.6 Å².